The average molecular weight is 283 g/mol. The van der Waals surface area contributed by atoms with Crippen LogP contribution in [0.15, 0.2) is 6.07 Å². The number of hydrogen-bond donors (Lipinski definition) is 1. The number of aliphatic hydroxyl groups excluding tert-OH is 1. The van der Waals surface area contributed by atoms with E-state index in [2.05, 4.69) is 13.8 Å². The molecule has 1 heterocycles. The molecular weight excluding hydrogens is 258 g/mol. The SMILES string of the molecule is CCCc1sc(C(=O)N(CCO)C(C)C)cc1CC. The quantitative estimate of drug-likeness (QED) is 0.835. The minimum atomic E-state index is 0.0117. The number of rotatable bonds is 7. The highest BCUT2D eigenvalue weighted by atomic mass is 32.1. The monoisotopic (exact) mass is 283 g/mol. The first-order valence-electron chi connectivity index (χ1n) is 7.08. The number of thiophene rings is 1. The number of amides is 1. The molecule has 1 rings (SSSR count). The van der Waals surface area contributed by atoms with Gasteiger partial charge in [0.2, 0.25) is 0 Å². The molecule has 1 aromatic heterocycles. The molecule has 1 amide bonds. The standard InChI is InChI=1S/C15H25NO2S/c1-5-7-13-12(6-2)10-14(19-13)15(18)16(8-9-17)11(3)4/h10-11,17H,5-9H2,1-4H3. The van der Waals surface area contributed by atoms with Crippen LogP contribution in [0.4, 0.5) is 0 Å². The van der Waals surface area contributed by atoms with Gasteiger partial charge in [-0.25, -0.2) is 0 Å². The van der Waals surface area contributed by atoms with Crippen molar-refractivity contribution >= 4 is 17.2 Å². The topological polar surface area (TPSA) is 40.5 Å². The normalized spacial score (nSPS) is 11.1. The van der Waals surface area contributed by atoms with E-state index in [1.807, 2.05) is 19.9 Å². The van der Waals surface area contributed by atoms with Gasteiger partial charge in [-0.3, -0.25) is 4.79 Å². The molecule has 0 radical (unpaired) electrons. The van der Waals surface area contributed by atoms with Crippen molar-refractivity contribution in [1.82, 2.24) is 4.90 Å². The Labute approximate surface area is 120 Å². The van der Waals surface area contributed by atoms with Gasteiger partial charge in [-0.2, -0.15) is 0 Å². The Morgan fingerprint density at radius 3 is 2.58 bits per heavy atom. The molecule has 0 unspecified atom stereocenters. The molecule has 108 valence electrons. The molecule has 0 saturated heterocycles. The number of carbonyl (C=O) groups excluding carboxylic acids is 1. The van der Waals surface area contributed by atoms with E-state index < -0.39 is 0 Å². The van der Waals surface area contributed by atoms with Crippen LogP contribution in [0.2, 0.25) is 0 Å². The summed E-state index contributed by atoms with van der Waals surface area (Å²) in [5.74, 6) is 0.0473. The van der Waals surface area contributed by atoms with Gasteiger partial charge in [0.1, 0.15) is 0 Å². The zero-order valence-corrected chi connectivity index (χ0v) is 13.2. The number of carbonyl (C=O) groups is 1. The number of nitrogens with zero attached hydrogens (tertiary/aromatic N) is 1. The second-order valence-corrected chi connectivity index (χ2v) is 6.12. The largest absolute Gasteiger partial charge is 0.395 e. The van der Waals surface area contributed by atoms with E-state index >= 15 is 0 Å². The zero-order valence-electron chi connectivity index (χ0n) is 12.4. The van der Waals surface area contributed by atoms with Crippen LogP contribution in [0, 0.1) is 0 Å². The summed E-state index contributed by atoms with van der Waals surface area (Å²) in [4.78, 5) is 16.4. The first kappa shape index (κ1) is 16.2. The first-order chi connectivity index (χ1) is 9.04. The van der Waals surface area contributed by atoms with E-state index in [0.29, 0.717) is 6.54 Å². The molecule has 0 fully saturated rings. The van der Waals surface area contributed by atoms with Gasteiger partial charge in [-0.15, -0.1) is 11.3 Å². The first-order valence-corrected chi connectivity index (χ1v) is 7.90. The van der Waals surface area contributed by atoms with Gasteiger partial charge in [0.05, 0.1) is 11.5 Å². The highest BCUT2D eigenvalue weighted by molar-refractivity contribution is 7.14. The molecule has 1 N–H and O–H groups in total. The van der Waals surface area contributed by atoms with E-state index in [-0.39, 0.29) is 18.6 Å². The fourth-order valence-corrected chi connectivity index (χ4v) is 3.47. The van der Waals surface area contributed by atoms with Gasteiger partial charge < -0.3 is 10.0 Å². The lowest BCUT2D eigenvalue weighted by atomic mass is 10.1. The van der Waals surface area contributed by atoms with Gasteiger partial charge in [0, 0.05) is 17.5 Å². The van der Waals surface area contributed by atoms with Gasteiger partial charge in [-0.05, 0) is 38.3 Å². The fraction of sp³-hybridized carbons (Fsp3) is 0.667. The van der Waals surface area contributed by atoms with Crippen LogP contribution in [0.1, 0.15) is 54.2 Å². The zero-order chi connectivity index (χ0) is 14.4. The molecular formula is C15H25NO2S. The van der Waals surface area contributed by atoms with Gasteiger partial charge in [0.25, 0.3) is 5.91 Å². The molecule has 0 aliphatic rings. The molecule has 0 aromatic carbocycles. The van der Waals surface area contributed by atoms with Crippen molar-refractivity contribution in [2.45, 2.75) is 53.0 Å². The van der Waals surface area contributed by atoms with E-state index in [1.165, 1.54) is 10.4 Å². The van der Waals surface area contributed by atoms with E-state index in [0.717, 1.165) is 24.1 Å². The number of aliphatic hydroxyl groups is 1. The summed E-state index contributed by atoms with van der Waals surface area (Å²) in [7, 11) is 0. The lowest BCUT2D eigenvalue weighted by molar-refractivity contribution is 0.0670. The average Bonchev–Trinajstić information content (AvgIpc) is 2.78. The smallest absolute Gasteiger partial charge is 0.264 e. The van der Waals surface area contributed by atoms with Crippen LogP contribution in [-0.2, 0) is 12.8 Å². The Bertz CT molecular complexity index is 412. The van der Waals surface area contributed by atoms with Crippen LogP contribution in [0.25, 0.3) is 0 Å². The van der Waals surface area contributed by atoms with Crippen LogP contribution >= 0.6 is 11.3 Å². The molecule has 3 nitrogen and oxygen atoms in total. The third-order valence-corrected chi connectivity index (χ3v) is 4.42. The summed E-state index contributed by atoms with van der Waals surface area (Å²) in [6.07, 6.45) is 3.12. The van der Waals surface area contributed by atoms with Crippen molar-refractivity contribution in [1.29, 1.82) is 0 Å². The Balaban J connectivity index is 2.97. The molecule has 0 atom stereocenters. The fourth-order valence-electron chi connectivity index (χ4n) is 2.15. The highest BCUT2D eigenvalue weighted by Crippen LogP contribution is 2.26. The van der Waals surface area contributed by atoms with Crippen molar-refractivity contribution in [3.63, 3.8) is 0 Å². The van der Waals surface area contributed by atoms with Gasteiger partial charge >= 0.3 is 0 Å². The molecule has 19 heavy (non-hydrogen) atoms. The second-order valence-electron chi connectivity index (χ2n) is 4.98. The lowest BCUT2D eigenvalue weighted by Crippen LogP contribution is -2.38. The number of aryl methyl sites for hydroxylation is 2. The highest BCUT2D eigenvalue weighted by Gasteiger charge is 2.21. The van der Waals surface area contributed by atoms with Crippen molar-refractivity contribution in [2.75, 3.05) is 13.2 Å². The summed E-state index contributed by atoms with van der Waals surface area (Å²) in [6.45, 7) is 8.66. The molecule has 1 aromatic rings. The molecule has 0 aliphatic heterocycles. The predicted octanol–water partition coefficient (Wildman–Crippen LogP) is 3.11. The van der Waals surface area contributed by atoms with Crippen LogP contribution in [-0.4, -0.2) is 35.1 Å². The van der Waals surface area contributed by atoms with Crippen LogP contribution in [0.3, 0.4) is 0 Å². The second kappa shape index (κ2) is 7.65. The number of hydrogen-bond acceptors (Lipinski definition) is 3. The van der Waals surface area contributed by atoms with E-state index in [9.17, 15) is 4.79 Å². The molecule has 0 saturated carbocycles. The maximum Gasteiger partial charge on any atom is 0.264 e. The Kier molecular flexibility index (Phi) is 6.52. The Hall–Kier alpha value is -0.870. The lowest BCUT2D eigenvalue weighted by Gasteiger charge is -2.25. The summed E-state index contributed by atoms with van der Waals surface area (Å²) in [5, 5.41) is 9.08. The third-order valence-electron chi connectivity index (χ3n) is 3.19. The predicted molar refractivity (Wildman–Crippen MR) is 81.0 cm³/mol. The maximum atomic E-state index is 12.5. The minimum Gasteiger partial charge on any atom is -0.395 e. The molecule has 0 aliphatic carbocycles. The van der Waals surface area contributed by atoms with Gasteiger partial charge in [0.15, 0.2) is 0 Å². The van der Waals surface area contributed by atoms with E-state index in [1.54, 1.807) is 16.2 Å². The maximum absolute atomic E-state index is 12.5. The van der Waals surface area contributed by atoms with Crippen LogP contribution < -0.4 is 0 Å². The summed E-state index contributed by atoms with van der Waals surface area (Å²) in [5.41, 5.74) is 1.29. The summed E-state index contributed by atoms with van der Waals surface area (Å²) >= 11 is 1.62. The molecule has 0 bridgehead atoms. The molecule has 0 spiro atoms. The van der Waals surface area contributed by atoms with Crippen molar-refractivity contribution in [3.8, 4) is 0 Å². The summed E-state index contributed by atoms with van der Waals surface area (Å²) < 4.78 is 0. The Morgan fingerprint density at radius 2 is 2.11 bits per heavy atom. The van der Waals surface area contributed by atoms with E-state index in [4.69, 9.17) is 5.11 Å². The minimum absolute atomic E-state index is 0.0117. The van der Waals surface area contributed by atoms with Crippen molar-refractivity contribution in [3.05, 3.63) is 21.4 Å². The Morgan fingerprint density at radius 1 is 1.42 bits per heavy atom. The third kappa shape index (κ3) is 4.05. The van der Waals surface area contributed by atoms with Crippen LogP contribution in [0.5, 0.6) is 0 Å². The van der Waals surface area contributed by atoms with Crippen molar-refractivity contribution < 1.29 is 9.90 Å². The molecule has 4 heteroatoms. The summed E-state index contributed by atoms with van der Waals surface area (Å²) in [6, 6.07) is 2.14. The van der Waals surface area contributed by atoms with Crippen molar-refractivity contribution in [2.24, 2.45) is 0 Å². The van der Waals surface area contributed by atoms with Gasteiger partial charge in [-0.1, -0.05) is 20.3 Å².